The molecule has 0 bridgehead atoms. The van der Waals surface area contributed by atoms with Crippen LogP contribution in [0.5, 0.6) is 5.75 Å². The molecule has 1 atom stereocenters. The van der Waals surface area contributed by atoms with E-state index in [1.165, 1.54) is 12.1 Å². The van der Waals surface area contributed by atoms with Gasteiger partial charge in [-0.05, 0) is 31.5 Å². The van der Waals surface area contributed by atoms with Gasteiger partial charge in [-0.25, -0.2) is 4.39 Å². The first-order valence-electron chi connectivity index (χ1n) is 6.79. The summed E-state index contributed by atoms with van der Waals surface area (Å²) in [5.41, 5.74) is 2.71. The van der Waals surface area contributed by atoms with E-state index in [0.717, 1.165) is 5.56 Å². The van der Waals surface area contributed by atoms with Crippen molar-refractivity contribution in [2.75, 3.05) is 0 Å². The van der Waals surface area contributed by atoms with Gasteiger partial charge in [0.1, 0.15) is 11.6 Å². The minimum atomic E-state index is -0.268. The van der Waals surface area contributed by atoms with E-state index >= 15 is 0 Å². The van der Waals surface area contributed by atoms with Crippen LogP contribution >= 0.6 is 0 Å². The molecule has 0 aliphatic rings. The van der Waals surface area contributed by atoms with Crippen LogP contribution in [0.25, 0.3) is 0 Å². The van der Waals surface area contributed by atoms with Crippen LogP contribution in [0.15, 0.2) is 30.5 Å². The molecule has 3 N–H and O–H groups in total. The molecular formula is C16H19FN2O2. The lowest BCUT2D eigenvalue weighted by atomic mass is 10.1. The summed E-state index contributed by atoms with van der Waals surface area (Å²) in [4.78, 5) is 4.03. The molecule has 2 rings (SSSR count). The molecule has 0 saturated heterocycles. The first-order valence-corrected chi connectivity index (χ1v) is 6.79. The third-order valence-corrected chi connectivity index (χ3v) is 3.56. The van der Waals surface area contributed by atoms with Crippen molar-refractivity contribution >= 4 is 0 Å². The van der Waals surface area contributed by atoms with E-state index in [1.54, 1.807) is 25.3 Å². The Morgan fingerprint density at radius 2 is 1.95 bits per heavy atom. The Bertz CT molecular complexity index is 614. The van der Waals surface area contributed by atoms with Gasteiger partial charge in [-0.3, -0.25) is 4.98 Å². The number of nitrogens with one attached hydrogen (secondary N) is 1. The van der Waals surface area contributed by atoms with E-state index in [4.69, 9.17) is 0 Å². The fraction of sp³-hybridized carbons (Fsp3) is 0.312. The number of halogens is 1. The number of hydrogen-bond donors (Lipinski definition) is 3. The summed E-state index contributed by atoms with van der Waals surface area (Å²) in [5, 5.41) is 22.6. The van der Waals surface area contributed by atoms with Crippen molar-refractivity contribution in [3.63, 3.8) is 0 Å². The standard InChI is InChI=1S/C16H19FN2O2/c1-10(12-3-5-14(17)6-4-12)19-8-15-13(9-20)7-18-11(2)16(15)21/h3-7,10,19-21H,8-9H2,1-2H3/t10-/m1/s1. The Labute approximate surface area is 123 Å². The van der Waals surface area contributed by atoms with Crippen LogP contribution in [0.2, 0.25) is 0 Å². The lowest BCUT2D eigenvalue weighted by Gasteiger charge is -2.17. The zero-order valence-corrected chi connectivity index (χ0v) is 12.1. The van der Waals surface area contributed by atoms with Crippen LogP contribution in [0.1, 0.15) is 35.3 Å². The Morgan fingerprint density at radius 1 is 1.29 bits per heavy atom. The highest BCUT2D eigenvalue weighted by molar-refractivity contribution is 5.40. The molecule has 1 aromatic carbocycles. The summed E-state index contributed by atoms with van der Waals surface area (Å²) in [6.45, 7) is 3.88. The maximum absolute atomic E-state index is 12.9. The Kier molecular flexibility index (Phi) is 4.88. The molecule has 112 valence electrons. The van der Waals surface area contributed by atoms with E-state index in [1.807, 2.05) is 6.92 Å². The van der Waals surface area contributed by atoms with Crippen LogP contribution in [0, 0.1) is 12.7 Å². The largest absolute Gasteiger partial charge is 0.506 e. The Hall–Kier alpha value is -1.98. The van der Waals surface area contributed by atoms with Gasteiger partial charge in [0.15, 0.2) is 0 Å². The van der Waals surface area contributed by atoms with Crippen molar-refractivity contribution < 1.29 is 14.6 Å². The highest BCUT2D eigenvalue weighted by Gasteiger charge is 2.13. The van der Waals surface area contributed by atoms with Crippen molar-refractivity contribution in [1.82, 2.24) is 10.3 Å². The minimum absolute atomic E-state index is 0.00925. The average molecular weight is 290 g/mol. The zero-order valence-electron chi connectivity index (χ0n) is 12.1. The highest BCUT2D eigenvalue weighted by Crippen LogP contribution is 2.24. The molecule has 1 aromatic heterocycles. The summed E-state index contributed by atoms with van der Waals surface area (Å²) < 4.78 is 12.9. The van der Waals surface area contributed by atoms with Crippen molar-refractivity contribution in [2.45, 2.75) is 33.0 Å². The molecule has 1 heterocycles. The Balaban J connectivity index is 2.12. The number of aromatic nitrogens is 1. The van der Waals surface area contributed by atoms with Crippen LogP contribution in [0.3, 0.4) is 0 Å². The fourth-order valence-electron chi connectivity index (χ4n) is 2.14. The third kappa shape index (κ3) is 3.56. The highest BCUT2D eigenvalue weighted by atomic mass is 19.1. The summed E-state index contributed by atoms with van der Waals surface area (Å²) in [6, 6.07) is 6.27. The van der Waals surface area contributed by atoms with Gasteiger partial charge in [-0.1, -0.05) is 12.1 Å². The van der Waals surface area contributed by atoms with Crippen molar-refractivity contribution in [3.05, 3.63) is 58.7 Å². The average Bonchev–Trinajstić information content (AvgIpc) is 2.49. The molecule has 0 amide bonds. The van der Waals surface area contributed by atoms with Crippen LogP contribution in [-0.4, -0.2) is 15.2 Å². The Morgan fingerprint density at radius 3 is 2.57 bits per heavy atom. The number of nitrogens with zero attached hydrogens (tertiary/aromatic N) is 1. The van der Waals surface area contributed by atoms with E-state index in [0.29, 0.717) is 23.4 Å². The summed E-state index contributed by atoms with van der Waals surface area (Å²) in [7, 11) is 0. The monoisotopic (exact) mass is 290 g/mol. The van der Waals surface area contributed by atoms with E-state index in [9.17, 15) is 14.6 Å². The first-order chi connectivity index (χ1) is 10.0. The lowest BCUT2D eigenvalue weighted by Crippen LogP contribution is -2.19. The predicted molar refractivity (Wildman–Crippen MR) is 78.2 cm³/mol. The predicted octanol–water partition coefficient (Wildman–Crippen LogP) is 2.58. The quantitative estimate of drug-likeness (QED) is 0.792. The third-order valence-electron chi connectivity index (χ3n) is 3.56. The molecule has 0 aliphatic heterocycles. The van der Waals surface area contributed by atoms with E-state index < -0.39 is 0 Å². The molecule has 4 nitrogen and oxygen atoms in total. The van der Waals surface area contributed by atoms with Crippen molar-refractivity contribution in [3.8, 4) is 5.75 Å². The van der Waals surface area contributed by atoms with Gasteiger partial charge in [-0.15, -0.1) is 0 Å². The first kappa shape index (κ1) is 15.4. The molecule has 0 unspecified atom stereocenters. The lowest BCUT2D eigenvalue weighted by molar-refractivity contribution is 0.278. The van der Waals surface area contributed by atoms with Crippen LogP contribution < -0.4 is 5.32 Å². The van der Waals surface area contributed by atoms with Crippen LogP contribution in [-0.2, 0) is 13.2 Å². The van der Waals surface area contributed by atoms with Crippen LogP contribution in [0.4, 0.5) is 4.39 Å². The number of hydrogen-bond acceptors (Lipinski definition) is 4. The molecular weight excluding hydrogens is 271 g/mol. The second-order valence-corrected chi connectivity index (χ2v) is 5.01. The van der Waals surface area contributed by atoms with E-state index in [-0.39, 0.29) is 24.2 Å². The molecule has 21 heavy (non-hydrogen) atoms. The number of aryl methyl sites for hydroxylation is 1. The number of rotatable bonds is 5. The normalized spacial score (nSPS) is 12.4. The van der Waals surface area contributed by atoms with Gasteiger partial charge in [0.25, 0.3) is 0 Å². The maximum Gasteiger partial charge on any atom is 0.141 e. The summed E-state index contributed by atoms with van der Waals surface area (Å²) >= 11 is 0. The number of aliphatic hydroxyl groups excluding tert-OH is 1. The molecule has 0 aliphatic carbocycles. The fourth-order valence-corrected chi connectivity index (χ4v) is 2.14. The van der Waals surface area contributed by atoms with Gasteiger partial charge in [0.05, 0.1) is 12.3 Å². The molecule has 2 aromatic rings. The second-order valence-electron chi connectivity index (χ2n) is 5.01. The molecule has 0 saturated carbocycles. The van der Waals surface area contributed by atoms with Gasteiger partial charge >= 0.3 is 0 Å². The number of aliphatic hydroxyl groups is 1. The summed E-state index contributed by atoms with van der Waals surface area (Å²) in [6.07, 6.45) is 1.56. The van der Waals surface area contributed by atoms with Gasteiger partial charge in [0.2, 0.25) is 0 Å². The minimum Gasteiger partial charge on any atom is -0.506 e. The maximum atomic E-state index is 12.9. The van der Waals surface area contributed by atoms with Crippen molar-refractivity contribution in [2.24, 2.45) is 0 Å². The molecule has 0 radical (unpaired) electrons. The summed E-state index contributed by atoms with van der Waals surface area (Å²) in [5.74, 6) is -0.170. The SMILES string of the molecule is Cc1ncc(CO)c(CN[C@H](C)c2ccc(F)cc2)c1O. The topological polar surface area (TPSA) is 65.4 Å². The van der Waals surface area contributed by atoms with E-state index in [2.05, 4.69) is 10.3 Å². The van der Waals surface area contributed by atoms with Gasteiger partial charge < -0.3 is 15.5 Å². The zero-order chi connectivity index (χ0) is 15.4. The number of benzene rings is 1. The van der Waals surface area contributed by atoms with Crippen molar-refractivity contribution in [1.29, 1.82) is 0 Å². The second kappa shape index (κ2) is 6.65. The molecule has 5 heteroatoms. The number of aromatic hydroxyl groups is 1. The molecule has 0 fully saturated rings. The van der Waals surface area contributed by atoms with Gasteiger partial charge in [0, 0.05) is 29.9 Å². The van der Waals surface area contributed by atoms with Gasteiger partial charge in [-0.2, -0.15) is 0 Å². The smallest absolute Gasteiger partial charge is 0.141 e. The number of pyridine rings is 1. The molecule has 0 spiro atoms.